The van der Waals surface area contributed by atoms with E-state index in [-0.39, 0.29) is 0 Å². The lowest BCUT2D eigenvalue weighted by atomic mass is 10.1. The maximum Gasteiger partial charge on any atom is 0.0695 e. The van der Waals surface area contributed by atoms with Gasteiger partial charge in [-0.2, -0.15) is 5.10 Å². The monoisotopic (exact) mass is 215 g/mol. The van der Waals surface area contributed by atoms with Crippen LogP contribution in [0, 0.1) is 5.92 Å². The van der Waals surface area contributed by atoms with Gasteiger partial charge in [-0.25, -0.2) is 0 Å². The van der Waals surface area contributed by atoms with Crippen LogP contribution in [0.25, 0.3) is 10.9 Å². The van der Waals surface area contributed by atoms with Crippen LogP contribution in [0.5, 0.6) is 0 Å². The van der Waals surface area contributed by atoms with Gasteiger partial charge in [0.1, 0.15) is 0 Å². The van der Waals surface area contributed by atoms with Crippen molar-refractivity contribution in [2.75, 3.05) is 0 Å². The molecule has 1 aliphatic rings. The van der Waals surface area contributed by atoms with Crippen LogP contribution in [-0.2, 0) is 6.54 Å². The molecule has 0 saturated heterocycles. The smallest absolute Gasteiger partial charge is 0.0695 e. The fourth-order valence-electron chi connectivity index (χ4n) is 2.21. The van der Waals surface area contributed by atoms with Crippen LogP contribution in [0.3, 0.4) is 0 Å². The zero-order valence-electron chi connectivity index (χ0n) is 9.53. The van der Waals surface area contributed by atoms with Crippen LogP contribution in [-0.4, -0.2) is 16.2 Å². The Kier molecular flexibility index (Phi) is 2.40. The number of nitrogens with one attached hydrogen (secondary N) is 2. The first-order chi connectivity index (χ1) is 7.84. The van der Waals surface area contributed by atoms with Crippen molar-refractivity contribution in [2.24, 2.45) is 5.92 Å². The predicted octanol–water partition coefficient (Wildman–Crippen LogP) is 2.45. The fraction of sp³-hybridized carbons (Fsp3) is 0.462. The summed E-state index contributed by atoms with van der Waals surface area (Å²) in [6.45, 7) is 3.21. The summed E-state index contributed by atoms with van der Waals surface area (Å²) in [5.41, 5.74) is 2.47. The molecule has 0 spiro atoms. The van der Waals surface area contributed by atoms with Crippen molar-refractivity contribution in [3.63, 3.8) is 0 Å². The zero-order valence-corrected chi connectivity index (χ0v) is 9.53. The van der Waals surface area contributed by atoms with Crippen LogP contribution in [0.15, 0.2) is 24.4 Å². The summed E-state index contributed by atoms with van der Waals surface area (Å²) < 4.78 is 0. The summed E-state index contributed by atoms with van der Waals surface area (Å²) >= 11 is 0. The molecule has 1 aromatic heterocycles. The molecule has 0 aliphatic heterocycles. The molecule has 0 bridgehead atoms. The average Bonchev–Trinajstić information content (AvgIpc) is 3.04. The Balaban J connectivity index is 1.75. The molecule has 0 radical (unpaired) electrons. The van der Waals surface area contributed by atoms with Crippen LogP contribution in [0.1, 0.15) is 25.3 Å². The number of nitrogens with zero attached hydrogens (tertiary/aromatic N) is 1. The molecule has 1 aromatic carbocycles. The highest BCUT2D eigenvalue weighted by atomic mass is 15.1. The van der Waals surface area contributed by atoms with E-state index in [1.807, 2.05) is 6.20 Å². The Morgan fingerprint density at radius 1 is 1.50 bits per heavy atom. The molecule has 1 saturated carbocycles. The maximum absolute atomic E-state index is 4.08. The molecule has 2 N–H and O–H groups in total. The first-order valence-corrected chi connectivity index (χ1v) is 5.99. The zero-order chi connectivity index (χ0) is 11.0. The Labute approximate surface area is 95.2 Å². The number of aromatic nitrogens is 2. The molecule has 1 aliphatic carbocycles. The van der Waals surface area contributed by atoms with Crippen molar-refractivity contribution in [1.29, 1.82) is 0 Å². The minimum Gasteiger partial charge on any atom is -0.310 e. The number of hydrogen-bond acceptors (Lipinski definition) is 2. The summed E-state index contributed by atoms with van der Waals surface area (Å²) in [4.78, 5) is 0. The lowest BCUT2D eigenvalue weighted by molar-refractivity contribution is 0.497. The van der Waals surface area contributed by atoms with Crippen LogP contribution in [0.4, 0.5) is 0 Å². The fourth-order valence-corrected chi connectivity index (χ4v) is 2.21. The molecule has 3 nitrogen and oxygen atoms in total. The molecule has 2 aromatic rings. The maximum atomic E-state index is 4.08. The van der Waals surface area contributed by atoms with E-state index in [1.165, 1.54) is 23.8 Å². The predicted molar refractivity (Wildman–Crippen MR) is 65.1 cm³/mol. The summed E-state index contributed by atoms with van der Waals surface area (Å²) in [7, 11) is 0. The highest BCUT2D eigenvalue weighted by Gasteiger charge is 2.27. The molecule has 3 rings (SSSR count). The molecule has 1 heterocycles. The third kappa shape index (κ3) is 1.83. The quantitative estimate of drug-likeness (QED) is 0.822. The van der Waals surface area contributed by atoms with Gasteiger partial charge < -0.3 is 5.32 Å². The van der Waals surface area contributed by atoms with E-state index < -0.39 is 0 Å². The van der Waals surface area contributed by atoms with Gasteiger partial charge in [0.2, 0.25) is 0 Å². The van der Waals surface area contributed by atoms with Crippen molar-refractivity contribution < 1.29 is 0 Å². The van der Waals surface area contributed by atoms with E-state index in [1.54, 1.807) is 0 Å². The molecule has 16 heavy (non-hydrogen) atoms. The largest absolute Gasteiger partial charge is 0.310 e. The van der Waals surface area contributed by atoms with Gasteiger partial charge in [-0.1, -0.05) is 18.2 Å². The van der Waals surface area contributed by atoms with Crippen molar-refractivity contribution in [3.8, 4) is 0 Å². The van der Waals surface area contributed by atoms with Gasteiger partial charge in [0.15, 0.2) is 0 Å². The summed E-state index contributed by atoms with van der Waals surface area (Å²) in [5, 5.41) is 11.9. The number of aromatic amines is 1. The van der Waals surface area contributed by atoms with Crippen molar-refractivity contribution in [3.05, 3.63) is 30.0 Å². The van der Waals surface area contributed by atoms with Crippen molar-refractivity contribution in [1.82, 2.24) is 15.5 Å². The van der Waals surface area contributed by atoms with E-state index >= 15 is 0 Å². The lowest BCUT2D eigenvalue weighted by Crippen LogP contribution is -2.27. The summed E-state index contributed by atoms with van der Waals surface area (Å²) in [6, 6.07) is 6.98. The second-order valence-corrected chi connectivity index (χ2v) is 4.76. The van der Waals surface area contributed by atoms with Gasteiger partial charge in [-0.05, 0) is 31.2 Å². The lowest BCUT2D eigenvalue weighted by Gasteiger charge is -2.12. The van der Waals surface area contributed by atoms with Crippen molar-refractivity contribution in [2.45, 2.75) is 32.4 Å². The number of benzene rings is 1. The van der Waals surface area contributed by atoms with Crippen LogP contribution in [0.2, 0.25) is 0 Å². The van der Waals surface area contributed by atoms with Gasteiger partial charge in [-0.15, -0.1) is 0 Å². The van der Waals surface area contributed by atoms with E-state index in [2.05, 4.69) is 40.6 Å². The Morgan fingerprint density at radius 3 is 3.19 bits per heavy atom. The average molecular weight is 215 g/mol. The molecular weight excluding hydrogens is 198 g/mol. The third-order valence-corrected chi connectivity index (χ3v) is 3.51. The number of hydrogen-bond donors (Lipinski definition) is 2. The van der Waals surface area contributed by atoms with Crippen molar-refractivity contribution >= 4 is 10.9 Å². The molecule has 1 atom stereocenters. The van der Waals surface area contributed by atoms with E-state index in [0.717, 1.165) is 18.0 Å². The number of fused-ring (bicyclic) bond motifs is 1. The number of para-hydroxylation sites is 1. The van der Waals surface area contributed by atoms with Gasteiger partial charge in [0.25, 0.3) is 0 Å². The number of H-pyrrole nitrogens is 1. The summed E-state index contributed by atoms with van der Waals surface area (Å²) in [5.74, 6) is 0.904. The molecular formula is C13H17N3. The first kappa shape index (κ1) is 9.85. The minimum atomic E-state index is 0.637. The van der Waals surface area contributed by atoms with E-state index in [4.69, 9.17) is 0 Å². The topological polar surface area (TPSA) is 40.7 Å². The Morgan fingerprint density at radius 2 is 2.38 bits per heavy atom. The van der Waals surface area contributed by atoms with Gasteiger partial charge >= 0.3 is 0 Å². The second kappa shape index (κ2) is 3.91. The second-order valence-electron chi connectivity index (χ2n) is 4.76. The Hall–Kier alpha value is -1.35. The first-order valence-electron chi connectivity index (χ1n) is 5.99. The Bertz CT molecular complexity index is 485. The summed E-state index contributed by atoms with van der Waals surface area (Å²) in [6.07, 6.45) is 4.66. The van der Waals surface area contributed by atoms with Crippen LogP contribution >= 0.6 is 0 Å². The highest BCUT2D eigenvalue weighted by molar-refractivity contribution is 5.81. The van der Waals surface area contributed by atoms with Gasteiger partial charge in [0, 0.05) is 18.0 Å². The van der Waals surface area contributed by atoms with Gasteiger partial charge in [-0.3, -0.25) is 5.10 Å². The minimum absolute atomic E-state index is 0.637. The molecule has 84 valence electrons. The third-order valence-electron chi connectivity index (χ3n) is 3.51. The van der Waals surface area contributed by atoms with Crippen LogP contribution < -0.4 is 5.32 Å². The molecule has 1 unspecified atom stereocenters. The normalized spacial score (nSPS) is 17.8. The molecule has 3 heteroatoms. The van der Waals surface area contributed by atoms with Gasteiger partial charge in [0.05, 0.1) is 11.7 Å². The van der Waals surface area contributed by atoms with E-state index in [9.17, 15) is 0 Å². The number of rotatable bonds is 4. The highest BCUT2D eigenvalue weighted by Crippen LogP contribution is 2.32. The molecule has 0 amide bonds. The molecule has 1 fully saturated rings. The van der Waals surface area contributed by atoms with E-state index in [0.29, 0.717) is 6.04 Å². The SMILES string of the molecule is CC(NCc1cccc2cn[nH]c12)C1CC1. The standard InChI is InChI=1S/C13H17N3/c1-9(10-5-6-10)14-7-11-3-2-4-12-8-15-16-13(11)12/h2-4,8-10,14H,5-7H2,1H3,(H,15,16).